The summed E-state index contributed by atoms with van der Waals surface area (Å²) in [5.41, 5.74) is 2.78. The maximum Gasteiger partial charge on any atom is 1.00 e. The largest absolute Gasteiger partial charge is 1.00 e. The zero-order chi connectivity index (χ0) is 24.1. The van der Waals surface area contributed by atoms with E-state index in [9.17, 15) is 18.3 Å². The van der Waals surface area contributed by atoms with E-state index in [1.54, 1.807) is 12.1 Å². The molecular weight excluding hydrogens is 449 g/mol. The van der Waals surface area contributed by atoms with Crippen LogP contribution in [0, 0.1) is 0 Å². The van der Waals surface area contributed by atoms with Gasteiger partial charge in [-0.25, -0.2) is 0 Å². The van der Waals surface area contributed by atoms with Crippen molar-refractivity contribution in [1.29, 1.82) is 0 Å². The van der Waals surface area contributed by atoms with Gasteiger partial charge in [-0.1, -0.05) is 90.8 Å². The van der Waals surface area contributed by atoms with Crippen LogP contribution in [0.3, 0.4) is 0 Å². The fraction of sp³-hybridized carbons (Fsp3) is 0.480. The third-order valence-electron chi connectivity index (χ3n) is 5.34. The van der Waals surface area contributed by atoms with Crippen molar-refractivity contribution in [3.63, 3.8) is 0 Å². The van der Waals surface area contributed by atoms with E-state index in [2.05, 4.69) is 0 Å². The molecule has 2 aromatic rings. The molecule has 0 aromatic heterocycles. The SMILES string of the molecule is CCCc1cccc(CCC)c1OS(=O)(=O)N(C(=O)[O-])c1c(C(C)C)cccc1C(C)C.[Na+]. The molecule has 0 atom stereocenters. The third-order valence-corrected chi connectivity index (χ3v) is 6.50. The Hall–Kier alpha value is -1.54. The molecule has 1 amide bonds. The Morgan fingerprint density at radius 1 is 0.909 bits per heavy atom. The molecule has 0 bridgehead atoms. The Bertz CT molecular complexity index is 1000. The number of para-hydroxylation sites is 2. The molecule has 2 aromatic carbocycles. The molecule has 0 saturated heterocycles. The van der Waals surface area contributed by atoms with Crippen molar-refractivity contribution < 1.29 is 52.1 Å². The molecule has 0 radical (unpaired) electrons. The topological polar surface area (TPSA) is 86.7 Å². The smallest absolute Gasteiger partial charge is 0.529 e. The Morgan fingerprint density at radius 2 is 1.33 bits per heavy atom. The average molecular weight is 484 g/mol. The Balaban J connectivity index is 0.00000544. The number of hydrogen-bond donors (Lipinski definition) is 0. The molecule has 33 heavy (non-hydrogen) atoms. The van der Waals surface area contributed by atoms with Crippen LogP contribution in [-0.2, 0) is 23.1 Å². The van der Waals surface area contributed by atoms with Gasteiger partial charge in [0.05, 0.1) is 5.69 Å². The molecule has 0 heterocycles. The predicted molar refractivity (Wildman–Crippen MR) is 126 cm³/mol. The number of hydrogen-bond acceptors (Lipinski definition) is 5. The van der Waals surface area contributed by atoms with Crippen molar-refractivity contribution in [2.45, 2.75) is 79.1 Å². The number of carbonyl (C=O) groups is 1. The number of carbonyl (C=O) groups excluding carboxylic acids is 1. The second-order valence-corrected chi connectivity index (χ2v) is 9.96. The fourth-order valence-electron chi connectivity index (χ4n) is 3.86. The number of benzene rings is 2. The molecule has 0 aliphatic heterocycles. The van der Waals surface area contributed by atoms with Gasteiger partial charge in [-0.3, -0.25) is 0 Å². The summed E-state index contributed by atoms with van der Waals surface area (Å²) in [7, 11) is -4.75. The number of amides is 1. The van der Waals surface area contributed by atoms with Crippen LogP contribution in [0.5, 0.6) is 5.75 Å². The minimum Gasteiger partial charge on any atom is -0.529 e. The van der Waals surface area contributed by atoms with Crippen LogP contribution in [0.2, 0.25) is 0 Å². The molecule has 6 nitrogen and oxygen atoms in total. The maximum atomic E-state index is 13.5. The summed E-state index contributed by atoms with van der Waals surface area (Å²) in [5, 5.41) is 12.3. The van der Waals surface area contributed by atoms with E-state index in [0.717, 1.165) is 24.0 Å². The molecule has 0 aliphatic carbocycles. The maximum absolute atomic E-state index is 13.5. The van der Waals surface area contributed by atoms with Gasteiger partial charge in [0.15, 0.2) is 11.8 Å². The summed E-state index contributed by atoms with van der Waals surface area (Å²) in [5.74, 6) is 0.00290. The van der Waals surface area contributed by atoms with Crippen LogP contribution in [0.15, 0.2) is 36.4 Å². The van der Waals surface area contributed by atoms with Crippen molar-refractivity contribution >= 4 is 22.1 Å². The second kappa shape index (κ2) is 12.8. The van der Waals surface area contributed by atoms with Gasteiger partial charge in [-0.05, 0) is 46.9 Å². The molecule has 0 unspecified atom stereocenters. The summed E-state index contributed by atoms with van der Waals surface area (Å²) in [4.78, 5) is 12.3. The standard InChI is InChI=1S/C25H35NO5S.Na/c1-7-11-19-13-9-14-20(12-8-2)24(19)31-32(29,30)26(25(27)28)23-21(17(3)4)15-10-16-22(23)18(5)6;/h9-10,13-18H,7-8,11-12H2,1-6H3,(H,27,28);/q;+1/p-1. The van der Waals surface area contributed by atoms with Crippen LogP contribution in [-0.4, -0.2) is 14.5 Å². The zero-order valence-corrected chi connectivity index (χ0v) is 23.7. The van der Waals surface area contributed by atoms with Gasteiger partial charge in [0, 0.05) is 0 Å². The van der Waals surface area contributed by atoms with Crippen molar-refractivity contribution in [1.82, 2.24) is 0 Å². The van der Waals surface area contributed by atoms with Crippen molar-refractivity contribution in [2.75, 3.05) is 4.31 Å². The van der Waals surface area contributed by atoms with Crippen molar-refractivity contribution in [2.24, 2.45) is 0 Å². The number of carboxylic acid groups (broad SMARTS) is 1. The molecule has 8 heteroatoms. The van der Waals surface area contributed by atoms with E-state index in [1.165, 1.54) is 0 Å². The molecule has 176 valence electrons. The average Bonchev–Trinajstić information content (AvgIpc) is 2.70. The molecule has 0 N–H and O–H groups in total. The first kappa shape index (κ1) is 29.5. The van der Waals surface area contributed by atoms with E-state index in [1.807, 2.05) is 65.8 Å². The summed E-state index contributed by atoms with van der Waals surface area (Å²) >= 11 is 0. The first-order chi connectivity index (χ1) is 15.0. The minimum atomic E-state index is -4.75. The molecular formula is C25H34NNaO5S. The third kappa shape index (κ3) is 6.98. The first-order valence-corrected chi connectivity index (χ1v) is 12.6. The number of anilines is 1. The molecule has 2 rings (SSSR count). The number of aryl methyl sites for hydroxylation is 2. The van der Waals surface area contributed by atoms with E-state index >= 15 is 0 Å². The van der Waals surface area contributed by atoms with Crippen molar-refractivity contribution in [3.05, 3.63) is 58.7 Å². The second-order valence-electron chi connectivity index (χ2n) is 8.57. The zero-order valence-electron chi connectivity index (χ0n) is 20.8. The molecule has 0 spiro atoms. The van der Waals surface area contributed by atoms with Crippen LogP contribution in [0.25, 0.3) is 0 Å². The predicted octanol–water partition coefficient (Wildman–Crippen LogP) is 2.32. The summed E-state index contributed by atoms with van der Waals surface area (Å²) in [6.45, 7) is 11.5. The van der Waals surface area contributed by atoms with Gasteiger partial charge >= 0.3 is 39.9 Å². The van der Waals surface area contributed by atoms with Gasteiger partial charge < -0.3 is 14.1 Å². The van der Waals surface area contributed by atoms with Gasteiger partial charge in [0.1, 0.15) is 0 Å². The number of rotatable bonds is 10. The monoisotopic (exact) mass is 483 g/mol. The van der Waals surface area contributed by atoms with Crippen LogP contribution in [0.1, 0.15) is 88.5 Å². The van der Waals surface area contributed by atoms with Crippen molar-refractivity contribution in [3.8, 4) is 5.75 Å². The number of nitrogens with zero attached hydrogens (tertiary/aromatic N) is 1. The Kier molecular flexibility index (Phi) is 11.4. The van der Waals surface area contributed by atoms with E-state index in [-0.39, 0.29) is 52.8 Å². The van der Waals surface area contributed by atoms with Gasteiger partial charge in [-0.15, -0.1) is 0 Å². The molecule has 0 aliphatic rings. The van der Waals surface area contributed by atoms with E-state index < -0.39 is 16.4 Å². The van der Waals surface area contributed by atoms with E-state index in [4.69, 9.17) is 4.18 Å². The summed E-state index contributed by atoms with van der Waals surface area (Å²) < 4.78 is 32.9. The first-order valence-electron chi connectivity index (χ1n) is 11.2. The molecule has 0 fully saturated rings. The molecule has 0 saturated carbocycles. The Morgan fingerprint density at radius 3 is 1.70 bits per heavy atom. The normalized spacial score (nSPS) is 11.4. The Labute approximate surface area is 220 Å². The summed E-state index contributed by atoms with van der Waals surface area (Å²) in [6.07, 6.45) is 0.986. The van der Waals surface area contributed by atoms with Gasteiger partial charge in [0.2, 0.25) is 0 Å². The van der Waals surface area contributed by atoms with Gasteiger partial charge in [-0.2, -0.15) is 12.7 Å². The van der Waals surface area contributed by atoms with Crippen LogP contribution >= 0.6 is 0 Å². The van der Waals surface area contributed by atoms with Crippen LogP contribution < -0.4 is 43.2 Å². The quantitative estimate of drug-likeness (QED) is 0.484. The summed E-state index contributed by atoms with van der Waals surface area (Å²) in [6, 6.07) is 10.8. The van der Waals surface area contributed by atoms with E-state index in [0.29, 0.717) is 28.3 Å². The van der Waals surface area contributed by atoms with Crippen LogP contribution in [0.4, 0.5) is 10.5 Å². The van der Waals surface area contributed by atoms with Gasteiger partial charge in [0.25, 0.3) is 0 Å². The fourth-order valence-corrected chi connectivity index (χ4v) is 4.98. The minimum absolute atomic E-state index is 0.